The van der Waals surface area contributed by atoms with Gasteiger partial charge in [0.05, 0.1) is 5.92 Å². The number of rotatable bonds is 6. The van der Waals surface area contributed by atoms with E-state index in [-0.39, 0.29) is 24.5 Å². The predicted octanol–water partition coefficient (Wildman–Crippen LogP) is 5.26. The van der Waals surface area contributed by atoms with Crippen molar-refractivity contribution in [3.05, 3.63) is 62.5 Å². The summed E-state index contributed by atoms with van der Waals surface area (Å²) in [6.45, 7) is 6.32. The lowest BCUT2D eigenvalue weighted by Crippen LogP contribution is -2.59. The number of halogens is 2. The summed E-state index contributed by atoms with van der Waals surface area (Å²) >= 11 is 7.19. The average molecular weight is 761 g/mol. The molecule has 10 nitrogen and oxygen atoms in total. The van der Waals surface area contributed by atoms with Crippen molar-refractivity contribution in [1.82, 2.24) is 24.9 Å². The van der Waals surface area contributed by atoms with Crippen LogP contribution in [0.5, 0.6) is 0 Å². The van der Waals surface area contributed by atoms with Crippen LogP contribution in [-0.2, 0) is 17.6 Å². The van der Waals surface area contributed by atoms with E-state index < -0.39 is 18.1 Å². The summed E-state index contributed by atoms with van der Waals surface area (Å²) in [6.07, 6.45) is 4.04. The lowest BCUT2D eigenvalue weighted by Gasteiger charge is -2.46. The first kappa shape index (κ1) is 33.2. The van der Waals surface area contributed by atoms with Crippen molar-refractivity contribution < 1.29 is 19.5 Å². The zero-order chi connectivity index (χ0) is 32.2. The number of para-hydroxylation sites is 1. The lowest BCUT2D eigenvalue weighted by atomic mass is 9.82. The zero-order valence-corrected chi connectivity index (χ0v) is 29.3. The van der Waals surface area contributed by atoms with Crippen molar-refractivity contribution in [1.29, 1.82) is 0 Å². The number of hydrogen-bond acceptors (Lipinski definition) is 5. The van der Waals surface area contributed by atoms with E-state index in [9.17, 15) is 19.5 Å². The molecular formula is C34H44Br2N6O4. The second kappa shape index (κ2) is 15.0. The van der Waals surface area contributed by atoms with Crippen LogP contribution in [0.1, 0.15) is 43.2 Å². The van der Waals surface area contributed by atoms with Crippen LogP contribution in [-0.4, -0.2) is 113 Å². The van der Waals surface area contributed by atoms with E-state index in [1.54, 1.807) is 0 Å². The normalized spacial score (nSPS) is 24.0. The predicted molar refractivity (Wildman–Crippen MR) is 185 cm³/mol. The highest BCUT2D eigenvalue weighted by Gasteiger charge is 2.44. The number of fused-ring (bicyclic) bond motifs is 1. The Morgan fingerprint density at radius 1 is 0.913 bits per heavy atom. The SMILES string of the molecule is O=C(C(Cc1cc(Br)cc(Br)c1)[C@H]1CC(N2CCc3ccccc3NC2=O)CCN1C(=O)O)N1CCC(N2CCCNCC2)CC1. The summed E-state index contributed by atoms with van der Waals surface area (Å²) in [6, 6.07) is 13.4. The minimum Gasteiger partial charge on any atom is -0.465 e. The van der Waals surface area contributed by atoms with Crippen LogP contribution in [0.15, 0.2) is 51.4 Å². The number of benzene rings is 2. The first-order valence-electron chi connectivity index (χ1n) is 16.6. The number of urea groups is 1. The van der Waals surface area contributed by atoms with Gasteiger partial charge in [-0.05, 0) is 93.4 Å². The summed E-state index contributed by atoms with van der Waals surface area (Å²) in [7, 11) is 0. The van der Waals surface area contributed by atoms with E-state index in [2.05, 4.69) is 47.4 Å². The van der Waals surface area contributed by atoms with Crippen molar-refractivity contribution in [2.75, 3.05) is 57.7 Å². The Hall–Kier alpha value is -2.67. The van der Waals surface area contributed by atoms with Gasteiger partial charge >= 0.3 is 12.1 Å². The van der Waals surface area contributed by atoms with Gasteiger partial charge in [-0.15, -0.1) is 0 Å². The maximum absolute atomic E-state index is 14.6. The van der Waals surface area contributed by atoms with Gasteiger partial charge in [-0.2, -0.15) is 0 Å². The fourth-order valence-electron chi connectivity index (χ4n) is 7.91. The van der Waals surface area contributed by atoms with Gasteiger partial charge < -0.3 is 30.4 Å². The molecule has 4 aliphatic rings. The Labute approximate surface area is 288 Å². The highest BCUT2D eigenvalue weighted by atomic mass is 79.9. The molecule has 248 valence electrons. The van der Waals surface area contributed by atoms with Gasteiger partial charge in [0.1, 0.15) is 0 Å². The molecule has 0 saturated carbocycles. The van der Waals surface area contributed by atoms with Gasteiger partial charge in [0.25, 0.3) is 0 Å². The number of likely N-dealkylation sites (tertiary alicyclic amines) is 2. The van der Waals surface area contributed by atoms with E-state index in [0.717, 1.165) is 77.6 Å². The molecule has 0 bridgehead atoms. The van der Waals surface area contributed by atoms with Crippen molar-refractivity contribution >= 4 is 55.6 Å². The van der Waals surface area contributed by atoms with Crippen molar-refractivity contribution in [2.45, 2.75) is 63.1 Å². The zero-order valence-electron chi connectivity index (χ0n) is 26.2. The van der Waals surface area contributed by atoms with Gasteiger partial charge in [0.15, 0.2) is 0 Å². The number of anilines is 1. The van der Waals surface area contributed by atoms with E-state index in [1.165, 1.54) is 4.90 Å². The maximum Gasteiger partial charge on any atom is 0.407 e. The smallest absolute Gasteiger partial charge is 0.407 e. The second-order valence-corrected chi connectivity index (χ2v) is 14.9. The van der Waals surface area contributed by atoms with Crippen LogP contribution in [0.3, 0.4) is 0 Å². The minimum absolute atomic E-state index is 0.0108. The Morgan fingerprint density at radius 3 is 2.41 bits per heavy atom. The van der Waals surface area contributed by atoms with Crippen LogP contribution in [0.4, 0.5) is 15.3 Å². The van der Waals surface area contributed by atoms with Crippen LogP contribution < -0.4 is 10.6 Å². The number of carboxylic acid groups (broad SMARTS) is 1. The highest BCUT2D eigenvalue weighted by molar-refractivity contribution is 9.11. The molecule has 2 unspecified atom stereocenters. The maximum atomic E-state index is 14.6. The largest absolute Gasteiger partial charge is 0.465 e. The molecule has 2 aromatic carbocycles. The first-order chi connectivity index (χ1) is 22.3. The number of carbonyl (C=O) groups is 3. The molecule has 0 radical (unpaired) electrons. The van der Waals surface area contributed by atoms with E-state index in [4.69, 9.17) is 0 Å². The fraction of sp³-hybridized carbons (Fsp3) is 0.559. The van der Waals surface area contributed by atoms with Gasteiger partial charge in [-0.25, -0.2) is 9.59 Å². The molecule has 3 N–H and O–H groups in total. The Bertz CT molecular complexity index is 1390. The van der Waals surface area contributed by atoms with Crippen LogP contribution in [0.25, 0.3) is 0 Å². The molecule has 12 heteroatoms. The minimum atomic E-state index is -1.02. The second-order valence-electron chi connectivity index (χ2n) is 13.0. The van der Waals surface area contributed by atoms with Crippen LogP contribution in [0, 0.1) is 5.92 Å². The summed E-state index contributed by atoms with van der Waals surface area (Å²) in [5.41, 5.74) is 2.87. The third-order valence-corrected chi connectivity index (χ3v) is 11.2. The van der Waals surface area contributed by atoms with E-state index >= 15 is 0 Å². The molecule has 3 atom stereocenters. The molecule has 6 rings (SSSR count). The summed E-state index contributed by atoms with van der Waals surface area (Å²) in [5, 5.41) is 17.0. The van der Waals surface area contributed by atoms with Crippen molar-refractivity contribution in [3.63, 3.8) is 0 Å². The van der Waals surface area contributed by atoms with Crippen molar-refractivity contribution in [2.24, 2.45) is 5.92 Å². The molecule has 4 heterocycles. The number of piperidine rings is 2. The molecule has 2 aromatic rings. The molecule has 46 heavy (non-hydrogen) atoms. The topological polar surface area (TPSA) is 108 Å². The Kier molecular flexibility index (Phi) is 10.9. The molecule has 0 aromatic heterocycles. The summed E-state index contributed by atoms with van der Waals surface area (Å²) < 4.78 is 1.79. The van der Waals surface area contributed by atoms with E-state index in [1.807, 2.05) is 52.3 Å². The van der Waals surface area contributed by atoms with Gasteiger partial charge in [0.2, 0.25) is 5.91 Å². The lowest BCUT2D eigenvalue weighted by molar-refractivity contribution is -0.140. The molecular weight excluding hydrogens is 716 g/mol. The van der Waals surface area contributed by atoms with Gasteiger partial charge in [-0.1, -0.05) is 50.1 Å². The fourth-order valence-corrected chi connectivity index (χ4v) is 9.29. The monoisotopic (exact) mass is 758 g/mol. The number of amides is 4. The Balaban J connectivity index is 1.24. The number of hydrogen-bond donors (Lipinski definition) is 3. The van der Waals surface area contributed by atoms with Crippen molar-refractivity contribution in [3.8, 4) is 0 Å². The highest BCUT2D eigenvalue weighted by Crippen LogP contribution is 2.34. The summed E-state index contributed by atoms with van der Waals surface area (Å²) in [5.74, 6) is -0.567. The van der Waals surface area contributed by atoms with Gasteiger partial charge in [0, 0.05) is 72.0 Å². The molecule has 3 fully saturated rings. The number of nitrogens with zero attached hydrogens (tertiary/aromatic N) is 4. The quantitative estimate of drug-likeness (QED) is 0.371. The molecule has 4 aliphatic heterocycles. The summed E-state index contributed by atoms with van der Waals surface area (Å²) in [4.78, 5) is 48.7. The van der Waals surface area contributed by atoms with Gasteiger partial charge in [-0.3, -0.25) is 9.69 Å². The third-order valence-electron chi connectivity index (χ3n) is 10.3. The molecule has 4 amide bonds. The molecule has 0 aliphatic carbocycles. The molecule has 3 saturated heterocycles. The average Bonchev–Trinajstić information content (AvgIpc) is 3.42. The van der Waals surface area contributed by atoms with Crippen LogP contribution >= 0.6 is 31.9 Å². The molecule has 0 spiro atoms. The first-order valence-corrected chi connectivity index (χ1v) is 18.2. The van der Waals surface area contributed by atoms with E-state index in [0.29, 0.717) is 44.9 Å². The standard InChI is InChI=1S/C34H44Br2N6O4/c35-25-18-23(19-26(36)21-25)20-29(32(43)40-13-7-27(8-14-40)39-12-3-10-37-11-17-39)31-22-28(9-16-42(31)34(45)46)41-15-6-24-4-1-2-5-30(24)38-33(41)44/h1-2,4-5,18-19,21,27-29,31,37H,3,6-17,20,22H2,(H,38,44)(H,45,46)/t28?,29?,31-/m1/s1. The number of nitrogens with one attached hydrogen (secondary N) is 2. The Morgan fingerprint density at radius 2 is 1.65 bits per heavy atom. The number of carbonyl (C=O) groups excluding carboxylic acids is 2. The van der Waals surface area contributed by atoms with Crippen LogP contribution in [0.2, 0.25) is 0 Å². The third kappa shape index (κ3) is 7.72.